The lowest BCUT2D eigenvalue weighted by molar-refractivity contribution is 0.422. The maximum atomic E-state index is 13.2. The van der Waals surface area contributed by atoms with Gasteiger partial charge in [-0.25, -0.2) is 17.2 Å². The SMILES string of the molecule is CCN(Cc1cccc(F)c1)S(=O)(=O)c1ccc(F)cc1. The minimum atomic E-state index is -3.73. The van der Waals surface area contributed by atoms with E-state index in [0.29, 0.717) is 5.56 Å². The van der Waals surface area contributed by atoms with Crippen LogP contribution in [0.4, 0.5) is 8.78 Å². The second kappa shape index (κ2) is 6.32. The van der Waals surface area contributed by atoms with Crippen LogP contribution in [0.5, 0.6) is 0 Å². The number of benzene rings is 2. The molecule has 0 saturated carbocycles. The summed E-state index contributed by atoms with van der Waals surface area (Å²) < 4.78 is 52.2. The van der Waals surface area contributed by atoms with E-state index in [0.717, 1.165) is 12.1 Å². The molecule has 0 fully saturated rings. The Morgan fingerprint density at radius 2 is 1.67 bits per heavy atom. The molecular weight excluding hydrogens is 296 g/mol. The van der Waals surface area contributed by atoms with Gasteiger partial charge < -0.3 is 0 Å². The van der Waals surface area contributed by atoms with Gasteiger partial charge in [0.2, 0.25) is 10.0 Å². The van der Waals surface area contributed by atoms with Gasteiger partial charge in [-0.3, -0.25) is 0 Å². The summed E-state index contributed by atoms with van der Waals surface area (Å²) in [6, 6.07) is 10.4. The Morgan fingerprint density at radius 1 is 1.00 bits per heavy atom. The van der Waals surface area contributed by atoms with Crippen molar-refractivity contribution in [3.8, 4) is 0 Å². The monoisotopic (exact) mass is 311 g/mol. The standard InChI is InChI=1S/C15H15F2NO2S/c1-2-18(11-12-4-3-5-14(17)10-12)21(19,20)15-8-6-13(16)7-9-15/h3-10H,2,11H2,1H3. The third-order valence-electron chi connectivity index (χ3n) is 3.05. The highest BCUT2D eigenvalue weighted by molar-refractivity contribution is 7.89. The van der Waals surface area contributed by atoms with Crippen LogP contribution in [0.3, 0.4) is 0 Å². The molecule has 2 rings (SSSR count). The van der Waals surface area contributed by atoms with Gasteiger partial charge in [0, 0.05) is 13.1 Å². The zero-order valence-corrected chi connectivity index (χ0v) is 12.3. The van der Waals surface area contributed by atoms with Crippen LogP contribution in [-0.4, -0.2) is 19.3 Å². The van der Waals surface area contributed by atoms with Gasteiger partial charge in [0.1, 0.15) is 11.6 Å². The Labute approximate surface area is 122 Å². The molecule has 0 N–H and O–H groups in total. The van der Waals surface area contributed by atoms with Crippen LogP contribution in [-0.2, 0) is 16.6 Å². The van der Waals surface area contributed by atoms with Gasteiger partial charge in [0.05, 0.1) is 4.90 Å². The van der Waals surface area contributed by atoms with Crippen molar-refractivity contribution in [2.75, 3.05) is 6.54 Å². The van der Waals surface area contributed by atoms with E-state index in [9.17, 15) is 17.2 Å². The summed E-state index contributed by atoms with van der Waals surface area (Å²) in [5.74, 6) is -0.912. The lowest BCUT2D eigenvalue weighted by Crippen LogP contribution is -2.30. The van der Waals surface area contributed by atoms with E-state index in [1.165, 1.54) is 34.6 Å². The van der Waals surface area contributed by atoms with Crippen LogP contribution in [0.25, 0.3) is 0 Å². The molecule has 0 bridgehead atoms. The van der Waals surface area contributed by atoms with Crippen LogP contribution < -0.4 is 0 Å². The molecular formula is C15H15F2NO2S. The number of rotatable bonds is 5. The molecule has 0 aromatic heterocycles. The average molecular weight is 311 g/mol. The summed E-state index contributed by atoms with van der Waals surface area (Å²) >= 11 is 0. The Morgan fingerprint density at radius 3 is 2.24 bits per heavy atom. The van der Waals surface area contributed by atoms with Crippen molar-refractivity contribution < 1.29 is 17.2 Å². The fraction of sp³-hybridized carbons (Fsp3) is 0.200. The van der Waals surface area contributed by atoms with Gasteiger partial charge >= 0.3 is 0 Å². The summed E-state index contributed by atoms with van der Waals surface area (Å²) in [6.45, 7) is 1.99. The third-order valence-corrected chi connectivity index (χ3v) is 4.99. The van der Waals surface area contributed by atoms with Crippen LogP contribution in [0.15, 0.2) is 53.4 Å². The summed E-state index contributed by atoms with van der Waals surface area (Å²) in [4.78, 5) is 0.0159. The molecule has 0 radical (unpaired) electrons. The number of sulfonamides is 1. The summed E-state index contributed by atoms with van der Waals surface area (Å²) in [5, 5.41) is 0. The largest absolute Gasteiger partial charge is 0.243 e. The Kier molecular flexibility index (Phi) is 4.69. The van der Waals surface area contributed by atoms with Crippen LogP contribution >= 0.6 is 0 Å². The predicted octanol–water partition coefficient (Wildman–Crippen LogP) is 3.18. The lowest BCUT2D eigenvalue weighted by Gasteiger charge is -2.20. The number of halogens is 2. The first-order chi connectivity index (χ1) is 9.93. The fourth-order valence-electron chi connectivity index (χ4n) is 1.96. The molecule has 0 spiro atoms. The molecule has 0 aliphatic heterocycles. The molecule has 112 valence electrons. The van der Waals surface area contributed by atoms with Gasteiger partial charge in [-0.05, 0) is 42.0 Å². The highest BCUT2D eigenvalue weighted by atomic mass is 32.2. The van der Waals surface area contributed by atoms with E-state index in [2.05, 4.69) is 0 Å². The lowest BCUT2D eigenvalue weighted by atomic mass is 10.2. The van der Waals surface area contributed by atoms with Crippen LogP contribution in [0.1, 0.15) is 12.5 Å². The van der Waals surface area contributed by atoms with E-state index in [4.69, 9.17) is 0 Å². The van der Waals surface area contributed by atoms with Crippen molar-refractivity contribution in [1.29, 1.82) is 0 Å². The third kappa shape index (κ3) is 3.65. The van der Waals surface area contributed by atoms with Gasteiger partial charge in [-0.2, -0.15) is 4.31 Å². The van der Waals surface area contributed by atoms with E-state index < -0.39 is 21.7 Å². The molecule has 0 saturated heterocycles. The van der Waals surface area contributed by atoms with E-state index in [1.807, 2.05) is 0 Å². The molecule has 0 aliphatic rings. The average Bonchev–Trinajstić information content (AvgIpc) is 2.45. The van der Waals surface area contributed by atoms with Crippen molar-refractivity contribution in [3.63, 3.8) is 0 Å². The highest BCUT2D eigenvalue weighted by Crippen LogP contribution is 2.19. The highest BCUT2D eigenvalue weighted by Gasteiger charge is 2.23. The second-order valence-electron chi connectivity index (χ2n) is 4.52. The minimum Gasteiger partial charge on any atom is -0.207 e. The number of nitrogens with zero attached hydrogens (tertiary/aromatic N) is 1. The maximum absolute atomic E-state index is 13.2. The van der Waals surface area contributed by atoms with Crippen LogP contribution in [0.2, 0.25) is 0 Å². The summed E-state index contributed by atoms with van der Waals surface area (Å²) in [6.07, 6.45) is 0. The first kappa shape index (κ1) is 15.6. The molecule has 3 nitrogen and oxygen atoms in total. The second-order valence-corrected chi connectivity index (χ2v) is 6.45. The van der Waals surface area contributed by atoms with E-state index in [1.54, 1.807) is 13.0 Å². The van der Waals surface area contributed by atoms with Crippen molar-refractivity contribution in [1.82, 2.24) is 4.31 Å². The first-order valence-corrected chi connectivity index (χ1v) is 7.87. The molecule has 0 unspecified atom stereocenters. The maximum Gasteiger partial charge on any atom is 0.243 e. The molecule has 0 atom stereocenters. The first-order valence-electron chi connectivity index (χ1n) is 6.43. The molecule has 2 aromatic carbocycles. The molecule has 0 amide bonds. The number of hydrogen-bond donors (Lipinski definition) is 0. The molecule has 0 heterocycles. The van der Waals surface area contributed by atoms with Crippen molar-refractivity contribution in [3.05, 3.63) is 65.7 Å². The quantitative estimate of drug-likeness (QED) is 0.850. The van der Waals surface area contributed by atoms with E-state index >= 15 is 0 Å². The zero-order chi connectivity index (χ0) is 15.5. The number of hydrogen-bond acceptors (Lipinski definition) is 2. The molecule has 6 heteroatoms. The van der Waals surface area contributed by atoms with Crippen molar-refractivity contribution >= 4 is 10.0 Å². The van der Waals surface area contributed by atoms with Gasteiger partial charge in [0.25, 0.3) is 0 Å². The Bertz CT molecular complexity index is 715. The predicted molar refractivity (Wildman–Crippen MR) is 76.1 cm³/mol. The summed E-state index contributed by atoms with van der Waals surface area (Å²) in [7, 11) is -3.73. The molecule has 2 aromatic rings. The van der Waals surface area contributed by atoms with Crippen LogP contribution in [0, 0.1) is 11.6 Å². The van der Waals surface area contributed by atoms with Crippen molar-refractivity contribution in [2.24, 2.45) is 0 Å². The van der Waals surface area contributed by atoms with Gasteiger partial charge in [-0.1, -0.05) is 19.1 Å². The molecule has 0 aliphatic carbocycles. The fourth-order valence-corrected chi connectivity index (χ4v) is 3.40. The topological polar surface area (TPSA) is 37.4 Å². The Hall–Kier alpha value is -1.79. The van der Waals surface area contributed by atoms with Crippen molar-refractivity contribution in [2.45, 2.75) is 18.4 Å². The molecule has 21 heavy (non-hydrogen) atoms. The normalized spacial score (nSPS) is 11.8. The smallest absolute Gasteiger partial charge is 0.207 e. The van der Waals surface area contributed by atoms with E-state index in [-0.39, 0.29) is 18.0 Å². The van der Waals surface area contributed by atoms with Gasteiger partial charge in [0.15, 0.2) is 0 Å². The minimum absolute atomic E-state index is 0.0159. The zero-order valence-electron chi connectivity index (χ0n) is 11.5. The van der Waals surface area contributed by atoms with Gasteiger partial charge in [-0.15, -0.1) is 0 Å². The summed E-state index contributed by atoms with van der Waals surface area (Å²) in [5.41, 5.74) is 0.558. The Balaban J connectivity index is 2.29.